The minimum absolute atomic E-state index is 0.0900. The van der Waals surface area contributed by atoms with Gasteiger partial charge < -0.3 is 20.1 Å². The molecule has 0 atom stereocenters. The van der Waals surface area contributed by atoms with E-state index in [9.17, 15) is 8.78 Å². The van der Waals surface area contributed by atoms with Gasteiger partial charge in [-0.25, -0.2) is 0 Å². The van der Waals surface area contributed by atoms with Crippen LogP contribution in [0.4, 0.5) is 20.2 Å². The molecule has 2 aromatic rings. The summed E-state index contributed by atoms with van der Waals surface area (Å²) in [7, 11) is 1.58. The van der Waals surface area contributed by atoms with Gasteiger partial charge in [-0.2, -0.15) is 8.78 Å². The van der Waals surface area contributed by atoms with Gasteiger partial charge in [0.2, 0.25) is 0 Å². The lowest BCUT2D eigenvalue weighted by molar-refractivity contribution is -0.0498. The molecule has 0 radical (unpaired) electrons. The minimum atomic E-state index is -2.84. The highest BCUT2D eigenvalue weighted by molar-refractivity contribution is 7.80. The maximum absolute atomic E-state index is 12.1. The molecule has 0 bridgehead atoms. The molecule has 0 aliphatic rings. The van der Waals surface area contributed by atoms with Crippen LogP contribution >= 0.6 is 12.2 Å². The van der Waals surface area contributed by atoms with Crippen LogP contribution in [-0.4, -0.2) is 18.8 Å². The van der Waals surface area contributed by atoms with Gasteiger partial charge in [0, 0.05) is 17.4 Å². The number of hydrogen-bond donors (Lipinski definition) is 2. The largest absolute Gasteiger partial charge is 0.497 e. The number of alkyl halides is 2. The number of anilines is 2. The van der Waals surface area contributed by atoms with Crippen molar-refractivity contribution >= 4 is 28.7 Å². The predicted octanol–water partition coefficient (Wildman–Crippen LogP) is 4.11. The van der Waals surface area contributed by atoms with Gasteiger partial charge >= 0.3 is 6.61 Å². The maximum atomic E-state index is 12.1. The Labute approximate surface area is 132 Å². The zero-order valence-corrected chi connectivity index (χ0v) is 12.5. The normalized spacial score (nSPS) is 10.2. The van der Waals surface area contributed by atoms with E-state index < -0.39 is 6.61 Å². The van der Waals surface area contributed by atoms with Crippen LogP contribution in [0.2, 0.25) is 0 Å². The quantitative estimate of drug-likeness (QED) is 0.810. The van der Waals surface area contributed by atoms with Crippen LogP contribution in [0.25, 0.3) is 0 Å². The second kappa shape index (κ2) is 7.56. The third-order valence-electron chi connectivity index (χ3n) is 2.66. The van der Waals surface area contributed by atoms with Crippen LogP contribution < -0.4 is 20.1 Å². The van der Waals surface area contributed by atoms with Crippen molar-refractivity contribution < 1.29 is 18.3 Å². The Hall–Kier alpha value is -2.41. The Balaban J connectivity index is 1.93. The molecule has 2 rings (SSSR count). The van der Waals surface area contributed by atoms with Crippen LogP contribution in [0.3, 0.4) is 0 Å². The number of thiocarbonyl (C=S) groups is 1. The SMILES string of the molecule is COc1cccc(NC(=S)Nc2ccc(OC(F)F)cc2)c1. The van der Waals surface area contributed by atoms with Gasteiger partial charge in [0.25, 0.3) is 0 Å². The first kappa shape index (κ1) is 16.0. The number of rotatable bonds is 5. The fourth-order valence-corrected chi connectivity index (χ4v) is 1.95. The number of methoxy groups -OCH3 is 1. The molecule has 0 heterocycles. The summed E-state index contributed by atoms with van der Waals surface area (Å²) >= 11 is 5.19. The number of ether oxygens (including phenoxy) is 2. The number of nitrogens with one attached hydrogen (secondary N) is 2. The zero-order chi connectivity index (χ0) is 15.9. The highest BCUT2D eigenvalue weighted by Crippen LogP contribution is 2.19. The lowest BCUT2D eigenvalue weighted by Gasteiger charge is -2.12. The van der Waals surface area contributed by atoms with E-state index in [0.717, 1.165) is 5.69 Å². The fraction of sp³-hybridized carbons (Fsp3) is 0.133. The van der Waals surface area contributed by atoms with Crippen LogP contribution in [0.15, 0.2) is 48.5 Å². The molecule has 0 spiro atoms. The van der Waals surface area contributed by atoms with E-state index in [0.29, 0.717) is 16.5 Å². The van der Waals surface area contributed by atoms with Gasteiger partial charge in [0.1, 0.15) is 11.5 Å². The first-order chi connectivity index (χ1) is 10.6. The van der Waals surface area contributed by atoms with Crippen LogP contribution in [0.5, 0.6) is 11.5 Å². The molecule has 116 valence electrons. The van der Waals surface area contributed by atoms with Crippen molar-refractivity contribution in [2.75, 3.05) is 17.7 Å². The van der Waals surface area contributed by atoms with Crippen molar-refractivity contribution in [3.8, 4) is 11.5 Å². The molecule has 4 nitrogen and oxygen atoms in total. The molecule has 0 amide bonds. The lowest BCUT2D eigenvalue weighted by atomic mass is 10.3. The smallest absolute Gasteiger partial charge is 0.387 e. The molecule has 0 aliphatic heterocycles. The Bertz CT molecular complexity index is 636. The summed E-state index contributed by atoms with van der Waals surface area (Å²) < 4.78 is 33.5. The van der Waals surface area contributed by atoms with Crippen LogP contribution in [-0.2, 0) is 0 Å². The molecule has 0 aromatic heterocycles. The van der Waals surface area contributed by atoms with Gasteiger partial charge in [-0.05, 0) is 48.6 Å². The second-order valence-corrected chi connectivity index (χ2v) is 4.62. The van der Waals surface area contributed by atoms with Gasteiger partial charge in [-0.3, -0.25) is 0 Å². The number of halogens is 2. The monoisotopic (exact) mass is 324 g/mol. The van der Waals surface area contributed by atoms with Crippen molar-refractivity contribution in [3.05, 3.63) is 48.5 Å². The van der Waals surface area contributed by atoms with Gasteiger partial charge in [0.15, 0.2) is 5.11 Å². The Kier molecular flexibility index (Phi) is 5.48. The van der Waals surface area contributed by atoms with E-state index >= 15 is 0 Å². The first-order valence-corrected chi connectivity index (χ1v) is 6.74. The summed E-state index contributed by atoms with van der Waals surface area (Å²) in [6.07, 6.45) is 0. The molecular weight excluding hydrogens is 310 g/mol. The lowest BCUT2D eigenvalue weighted by Crippen LogP contribution is -2.19. The van der Waals surface area contributed by atoms with Crippen molar-refractivity contribution in [2.45, 2.75) is 6.61 Å². The van der Waals surface area contributed by atoms with Gasteiger partial charge in [-0.15, -0.1) is 0 Å². The third-order valence-corrected chi connectivity index (χ3v) is 2.87. The first-order valence-electron chi connectivity index (χ1n) is 6.34. The van der Waals surface area contributed by atoms with Crippen molar-refractivity contribution in [1.82, 2.24) is 0 Å². The van der Waals surface area contributed by atoms with E-state index in [1.165, 1.54) is 12.1 Å². The molecule has 0 aliphatic carbocycles. The summed E-state index contributed by atoms with van der Waals surface area (Å²) in [4.78, 5) is 0. The van der Waals surface area contributed by atoms with Crippen LogP contribution in [0.1, 0.15) is 0 Å². The minimum Gasteiger partial charge on any atom is -0.497 e. The molecule has 2 N–H and O–H groups in total. The van der Waals surface area contributed by atoms with E-state index in [2.05, 4.69) is 15.4 Å². The van der Waals surface area contributed by atoms with Gasteiger partial charge in [-0.1, -0.05) is 6.07 Å². The average Bonchev–Trinajstić information content (AvgIpc) is 2.49. The topological polar surface area (TPSA) is 42.5 Å². The van der Waals surface area contributed by atoms with Gasteiger partial charge in [0.05, 0.1) is 7.11 Å². The molecule has 0 fully saturated rings. The molecular formula is C15H14F2N2O2S. The highest BCUT2D eigenvalue weighted by atomic mass is 32.1. The summed E-state index contributed by atoms with van der Waals surface area (Å²) in [6.45, 7) is -2.84. The molecule has 0 saturated heterocycles. The van der Waals surface area contributed by atoms with E-state index in [1.807, 2.05) is 18.2 Å². The Morgan fingerprint density at radius 2 is 1.68 bits per heavy atom. The summed E-state index contributed by atoms with van der Waals surface area (Å²) in [5.41, 5.74) is 1.43. The molecule has 0 saturated carbocycles. The molecule has 2 aromatic carbocycles. The summed E-state index contributed by atoms with van der Waals surface area (Å²) in [5.74, 6) is 0.800. The molecule has 22 heavy (non-hydrogen) atoms. The number of hydrogen-bond acceptors (Lipinski definition) is 3. The predicted molar refractivity (Wildman–Crippen MR) is 85.9 cm³/mol. The number of benzene rings is 2. The Morgan fingerprint density at radius 3 is 2.32 bits per heavy atom. The summed E-state index contributed by atoms with van der Waals surface area (Å²) in [5, 5.41) is 6.32. The average molecular weight is 324 g/mol. The standard InChI is InChI=1S/C15H14F2N2O2S/c1-20-13-4-2-3-11(9-13)19-15(22)18-10-5-7-12(8-6-10)21-14(16)17/h2-9,14H,1H3,(H2,18,19,22). The molecule has 7 heteroatoms. The van der Waals surface area contributed by atoms with E-state index in [4.69, 9.17) is 17.0 Å². The van der Waals surface area contributed by atoms with Crippen LogP contribution in [0, 0.1) is 0 Å². The van der Waals surface area contributed by atoms with Crippen molar-refractivity contribution in [3.63, 3.8) is 0 Å². The Morgan fingerprint density at radius 1 is 1.00 bits per heavy atom. The highest BCUT2D eigenvalue weighted by Gasteiger charge is 2.04. The van der Waals surface area contributed by atoms with E-state index in [1.54, 1.807) is 25.3 Å². The van der Waals surface area contributed by atoms with Crippen molar-refractivity contribution in [1.29, 1.82) is 0 Å². The maximum Gasteiger partial charge on any atom is 0.387 e. The fourth-order valence-electron chi connectivity index (χ4n) is 1.71. The van der Waals surface area contributed by atoms with Crippen molar-refractivity contribution in [2.24, 2.45) is 0 Å². The summed E-state index contributed by atoms with van der Waals surface area (Å²) in [6, 6.07) is 13.4. The molecule has 0 unspecified atom stereocenters. The van der Waals surface area contributed by atoms with E-state index in [-0.39, 0.29) is 5.75 Å². The zero-order valence-electron chi connectivity index (χ0n) is 11.7. The second-order valence-electron chi connectivity index (χ2n) is 4.21. The third kappa shape index (κ3) is 4.85.